The van der Waals surface area contributed by atoms with Crippen molar-refractivity contribution in [1.82, 2.24) is 29.3 Å². The molecule has 1 fully saturated rings. The van der Waals surface area contributed by atoms with Crippen molar-refractivity contribution in [2.24, 2.45) is 7.05 Å². The summed E-state index contributed by atoms with van der Waals surface area (Å²) in [6.07, 6.45) is 2.00. The Hall–Kier alpha value is -3.57. The zero-order valence-electron chi connectivity index (χ0n) is 18.0. The minimum absolute atomic E-state index is 0.148. The number of carbonyl (C=O) groups is 2. The van der Waals surface area contributed by atoms with Gasteiger partial charge in [0.2, 0.25) is 5.91 Å². The number of hydrogen-bond donors (Lipinski definition) is 2. The van der Waals surface area contributed by atoms with E-state index in [4.69, 9.17) is 0 Å². The second-order valence-corrected chi connectivity index (χ2v) is 7.72. The number of amides is 2. The maximum atomic E-state index is 13.1. The molecule has 1 saturated carbocycles. The van der Waals surface area contributed by atoms with Crippen LogP contribution in [0.4, 0.5) is 20.2 Å². The molecule has 0 saturated heterocycles. The highest BCUT2D eigenvalue weighted by Gasteiger charge is 2.30. The van der Waals surface area contributed by atoms with Gasteiger partial charge in [-0.25, -0.2) is 8.78 Å². The molecule has 0 atom stereocenters. The summed E-state index contributed by atoms with van der Waals surface area (Å²) in [7, 11) is 1.76. The third-order valence-electron chi connectivity index (χ3n) is 5.45. The van der Waals surface area contributed by atoms with E-state index in [2.05, 4.69) is 25.9 Å². The molecule has 4 rings (SSSR count). The molecular weight excluding hydrogens is 422 g/mol. The fourth-order valence-electron chi connectivity index (χ4n) is 3.48. The Balaban J connectivity index is 1.52. The SMILES string of the molecule is CCn1ncc(NC(=O)Cn2nc(C(F)F)cc2C2CC2)c1C(=O)Nc1cnn(C)c1C. The third-order valence-corrected chi connectivity index (χ3v) is 5.45. The van der Waals surface area contributed by atoms with Gasteiger partial charge in [0.15, 0.2) is 0 Å². The molecule has 170 valence electrons. The number of nitrogens with one attached hydrogen (secondary N) is 2. The van der Waals surface area contributed by atoms with E-state index in [0.717, 1.165) is 18.5 Å². The van der Waals surface area contributed by atoms with Gasteiger partial charge in [0.05, 0.1) is 29.5 Å². The summed E-state index contributed by atoms with van der Waals surface area (Å²) in [4.78, 5) is 25.6. The highest BCUT2D eigenvalue weighted by Crippen LogP contribution is 2.41. The van der Waals surface area contributed by atoms with E-state index in [9.17, 15) is 18.4 Å². The predicted molar refractivity (Wildman–Crippen MR) is 112 cm³/mol. The maximum absolute atomic E-state index is 13.1. The number of rotatable bonds is 8. The van der Waals surface area contributed by atoms with Crippen LogP contribution in [0.5, 0.6) is 0 Å². The lowest BCUT2D eigenvalue weighted by atomic mass is 10.2. The van der Waals surface area contributed by atoms with Crippen molar-refractivity contribution in [2.45, 2.75) is 52.1 Å². The Labute approximate surface area is 182 Å². The van der Waals surface area contributed by atoms with Gasteiger partial charge in [0, 0.05) is 25.2 Å². The molecular formula is C20H24F2N8O2. The summed E-state index contributed by atoms with van der Waals surface area (Å²) in [5, 5.41) is 17.6. The smallest absolute Gasteiger partial charge is 0.282 e. The molecule has 0 aromatic carbocycles. The van der Waals surface area contributed by atoms with Crippen molar-refractivity contribution in [3.8, 4) is 0 Å². The molecule has 1 aliphatic carbocycles. The third kappa shape index (κ3) is 4.25. The lowest BCUT2D eigenvalue weighted by Crippen LogP contribution is -2.24. The van der Waals surface area contributed by atoms with Crippen molar-refractivity contribution in [3.05, 3.63) is 41.2 Å². The quantitative estimate of drug-likeness (QED) is 0.553. The highest BCUT2D eigenvalue weighted by atomic mass is 19.3. The first-order valence-corrected chi connectivity index (χ1v) is 10.3. The zero-order valence-corrected chi connectivity index (χ0v) is 18.0. The molecule has 1 aliphatic rings. The van der Waals surface area contributed by atoms with Crippen molar-refractivity contribution in [3.63, 3.8) is 0 Å². The molecule has 3 aromatic heterocycles. The van der Waals surface area contributed by atoms with Crippen molar-refractivity contribution in [2.75, 3.05) is 10.6 Å². The normalized spacial score (nSPS) is 13.6. The average molecular weight is 446 g/mol. The molecule has 3 aromatic rings. The van der Waals surface area contributed by atoms with Gasteiger partial charge in [0.25, 0.3) is 12.3 Å². The molecule has 0 aliphatic heterocycles. The maximum Gasteiger partial charge on any atom is 0.282 e. The fraction of sp³-hybridized carbons (Fsp3) is 0.450. The van der Waals surface area contributed by atoms with E-state index in [0.29, 0.717) is 17.9 Å². The van der Waals surface area contributed by atoms with Crippen molar-refractivity contribution in [1.29, 1.82) is 0 Å². The van der Waals surface area contributed by atoms with Gasteiger partial charge < -0.3 is 10.6 Å². The number of aromatic nitrogens is 6. The summed E-state index contributed by atoms with van der Waals surface area (Å²) in [5.74, 6) is -0.790. The Kier molecular flexibility index (Phi) is 5.76. The minimum Gasteiger partial charge on any atom is -0.321 e. The van der Waals surface area contributed by atoms with E-state index in [-0.39, 0.29) is 29.5 Å². The molecule has 0 unspecified atom stereocenters. The van der Waals surface area contributed by atoms with Crippen LogP contribution in [0.3, 0.4) is 0 Å². The molecule has 2 N–H and O–H groups in total. The van der Waals surface area contributed by atoms with E-state index >= 15 is 0 Å². The number of halogens is 2. The molecule has 12 heteroatoms. The second-order valence-electron chi connectivity index (χ2n) is 7.72. The minimum atomic E-state index is -2.70. The van der Waals surface area contributed by atoms with Gasteiger partial charge in [-0.15, -0.1) is 0 Å². The largest absolute Gasteiger partial charge is 0.321 e. The summed E-state index contributed by atoms with van der Waals surface area (Å²) >= 11 is 0. The Bertz CT molecular complexity index is 1160. The van der Waals surface area contributed by atoms with Crippen LogP contribution in [-0.2, 0) is 24.9 Å². The second kappa shape index (κ2) is 8.52. The van der Waals surface area contributed by atoms with Crippen molar-refractivity contribution >= 4 is 23.2 Å². The summed E-state index contributed by atoms with van der Waals surface area (Å²) in [6.45, 7) is 3.81. The standard InChI is InChI=1S/C20H24F2N8O2/c1-4-29-18(20(32)26-14-8-23-28(3)11(14)2)15(9-24-29)25-17(31)10-30-16(12-5-6-12)7-13(27-30)19(21)22/h7-9,12,19H,4-6,10H2,1-3H3,(H,25,31)(H,26,32). The molecule has 0 bridgehead atoms. The lowest BCUT2D eigenvalue weighted by molar-refractivity contribution is -0.117. The number of carbonyl (C=O) groups excluding carboxylic acids is 2. The number of aryl methyl sites for hydroxylation is 2. The van der Waals surface area contributed by atoms with Gasteiger partial charge in [-0.1, -0.05) is 0 Å². The molecule has 10 nitrogen and oxygen atoms in total. The topological polar surface area (TPSA) is 112 Å². The van der Waals surface area contributed by atoms with Gasteiger partial charge in [0.1, 0.15) is 17.9 Å². The van der Waals surface area contributed by atoms with Crippen LogP contribution in [0.2, 0.25) is 0 Å². The van der Waals surface area contributed by atoms with Gasteiger partial charge in [-0.05, 0) is 32.8 Å². The molecule has 2 amide bonds. The van der Waals surface area contributed by atoms with Crippen LogP contribution >= 0.6 is 0 Å². The summed E-state index contributed by atoms with van der Waals surface area (Å²) in [5.41, 5.74) is 2.01. The van der Waals surface area contributed by atoms with E-state index < -0.39 is 18.2 Å². The number of anilines is 2. The highest BCUT2D eigenvalue weighted by molar-refractivity contribution is 6.09. The van der Waals surface area contributed by atoms with Crippen LogP contribution in [0, 0.1) is 6.92 Å². The monoisotopic (exact) mass is 446 g/mol. The lowest BCUT2D eigenvalue weighted by Gasteiger charge is -2.11. The molecule has 3 heterocycles. The first kappa shape index (κ1) is 21.7. The number of hydrogen-bond acceptors (Lipinski definition) is 5. The molecule has 0 spiro atoms. The van der Waals surface area contributed by atoms with Crippen LogP contribution in [0.25, 0.3) is 0 Å². The van der Waals surface area contributed by atoms with E-state index in [1.165, 1.54) is 27.8 Å². The van der Waals surface area contributed by atoms with Gasteiger partial charge >= 0.3 is 0 Å². The van der Waals surface area contributed by atoms with Crippen LogP contribution in [-0.4, -0.2) is 41.2 Å². The van der Waals surface area contributed by atoms with Crippen LogP contribution < -0.4 is 10.6 Å². The van der Waals surface area contributed by atoms with Crippen molar-refractivity contribution < 1.29 is 18.4 Å². The van der Waals surface area contributed by atoms with Crippen LogP contribution in [0.15, 0.2) is 18.5 Å². The fourth-order valence-corrected chi connectivity index (χ4v) is 3.48. The van der Waals surface area contributed by atoms with Crippen LogP contribution in [0.1, 0.15) is 59.7 Å². The Morgan fingerprint density at radius 3 is 2.47 bits per heavy atom. The Morgan fingerprint density at radius 2 is 1.88 bits per heavy atom. The zero-order chi connectivity index (χ0) is 23.0. The predicted octanol–water partition coefficient (Wildman–Crippen LogP) is 2.85. The first-order valence-electron chi connectivity index (χ1n) is 10.3. The first-order chi connectivity index (χ1) is 15.3. The number of alkyl halides is 2. The Morgan fingerprint density at radius 1 is 1.16 bits per heavy atom. The molecule has 32 heavy (non-hydrogen) atoms. The number of nitrogens with zero attached hydrogens (tertiary/aromatic N) is 6. The molecule has 0 radical (unpaired) electrons. The van der Waals surface area contributed by atoms with E-state index in [1.54, 1.807) is 11.7 Å². The summed E-state index contributed by atoms with van der Waals surface area (Å²) < 4.78 is 30.6. The van der Waals surface area contributed by atoms with Gasteiger partial charge in [-0.2, -0.15) is 15.3 Å². The summed E-state index contributed by atoms with van der Waals surface area (Å²) in [6, 6.07) is 1.36. The van der Waals surface area contributed by atoms with E-state index in [1.807, 2.05) is 13.8 Å². The van der Waals surface area contributed by atoms with Gasteiger partial charge in [-0.3, -0.25) is 23.6 Å². The average Bonchev–Trinajstić information content (AvgIpc) is 3.26.